The molecule has 0 spiro atoms. The van der Waals surface area contributed by atoms with Crippen LogP contribution >= 0.6 is 0 Å². The number of carboxylic acids is 1. The van der Waals surface area contributed by atoms with E-state index in [1.807, 2.05) is 0 Å². The van der Waals surface area contributed by atoms with Crippen LogP contribution in [-0.2, 0) is 10.9 Å². The number of halogens is 3. The Hall–Kier alpha value is -3.47. The molecule has 0 aliphatic carbocycles. The highest BCUT2D eigenvalue weighted by Gasteiger charge is 2.35. The molecule has 1 aromatic carbocycles. The van der Waals surface area contributed by atoms with Gasteiger partial charge in [0.2, 0.25) is 5.95 Å². The highest BCUT2D eigenvalue weighted by Crippen LogP contribution is 2.36. The zero-order valence-electron chi connectivity index (χ0n) is 16.1. The van der Waals surface area contributed by atoms with Crippen molar-refractivity contribution in [2.75, 3.05) is 18.5 Å². The molecular formula is C20H18F3N5O3. The van der Waals surface area contributed by atoms with Crippen molar-refractivity contribution in [1.29, 1.82) is 0 Å². The fourth-order valence-electron chi connectivity index (χ4n) is 3.32. The van der Waals surface area contributed by atoms with Crippen molar-refractivity contribution in [1.82, 2.24) is 19.7 Å². The second-order valence-corrected chi connectivity index (χ2v) is 7.01. The number of nitrogens with one attached hydrogen (secondary N) is 1. The maximum Gasteiger partial charge on any atom is 0.419 e. The summed E-state index contributed by atoms with van der Waals surface area (Å²) in [4.78, 5) is 18.9. The van der Waals surface area contributed by atoms with Crippen LogP contribution in [0.2, 0.25) is 0 Å². The van der Waals surface area contributed by atoms with Crippen molar-refractivity contribution in [3.63, 3.8) is 0 Å². The number of carbonyl (C=O) groups is 1. The first-order valence-electron chi connectivity index (χ1n) is 9.48. The summed E-state index contributed by atoms with van der Waals surface area (Å²) in [6, 6.07) is 5.22. The lowest BCUT2D eigenvalue weighted by Gasteiger charge is -2.22. The van der Waals surface area contributed by atoms with Gasteiger partial charge in [0.15, 0.2) is 0 Å². The molecule has 31 heavy (non-hydrogen) atoms. The molecule has 162 valence electrons. The van der Waals surface area contributed by atoms with Crippen molar-refractivity contribution in [3.8, 4) is 11.3 Å². The Kier molecular flexibility index (Phi) is 5.59. The number of aromatic nitrogens is 4. The van der Waals surface area contributed by atoms with Crippen molar-refractivity contribution < 1.29 is 27.8 Å². The van der Waals surface area contributed by atoms with Crippen LogP contribution in [0.5, 0.6) is 0 Å². The van der Waals surface area contributed by atoms with Gasteiger partial charge in [-0.1, -0.05) is 12.1 Å². The number of nitrogens with zero attached hydrogens (tertiary/aromatic N) is 4. The second kappa shape index (κ2) is 8.34. The Balaban J connectivity index is 1.63. The van der Waals surface area contributed by atoms with Gasteiger partial charge in [0, 0.05) is 31.2 Å². The predicted octanol–water partition coefficient (Wildman–Crippen LogP) is 4.15. The standard InChI is InChI=1S/C20H18F3N5O3/c21-20(22,23)16-10-24-19(27-17(16)12-1-3-13(4-2-12)18(29)30)26-14-9-25-28(11-14)15-5-7-31-8-6-15/h1-4,9-11,15H,5-8H2,(H,29,30)(H,24,26,27). The van der Waals surface area contributed by atoms with Gasteiger partial charge in [0.1, 0.15) is 5.56 Å². The molecule has 2 aromatic heterocycles. The molecule has 0 atom stereocenters. The van der Waals surface area contributed by atoms with E-state index in [4.69, 9.17) is 9.84 Å². The molecule has 0 bridgehead atoms. The molecule has 0 unspecified atom stereocenters. The van der Waals surface area contributed by atoms with E-state index in [9.17, 15) is 18.0 Å². The van der Waals surface area contributed by atoms with Crippen molar-refractivity contribution >= 4 is 17.6 Å². The summed E-state index contributed by atoms with van der Waals surface area (Å²) in [5, 5.41) is 16.2. The van der Waals surface area contributed by atoms with E-state index in [2.05, 4.69) is 20.4 Å². The topological polar surface area (TPSA) is 102 Å². The van der Waals surface area contributed by atoms with Gasteiger partial charge in [-0.15, -0.1) is 0 Å². The van der Waals surface area contributed by atoms with E-state index in [-0.39, 0.29) is 28.8 Å². The van der Waals surface area contributed by atoms with Crippen molar-refractivity contribution in [2.45, 2.75) is 25.1 Å². The van der Waals surface area contributed by atoms with Gasteiger partial charge in [-0.2, -0.15) is 18.3 Å². The summed E-state index contributed by atoms with van der Waals surface area (Å²) in [5.41, 5.74) is -0.734. The molecule has 11 heteroatoms. The SMILES string of the molecule is O=C(O)c1ccc(-c2nc(Nc3cnn(C4CCOCC4)c3)ncc2C(F)(F)F)cc1. The molecule has 3 aromatic rings. The fourth-order valence-corrected chi connectivity index (χ4v) is 3.32. The largest absolute Gasteiger partial charge is 0.478 e. The zero-order chi connectivity index (χ0) is 22.0. The van der Waals surface area contributed by atoms with Crippen LogP contribution in [0, 0.1) is 0 Å². The van der Waals surface area contributed by atoms with Crippen LogP contribution in [-0.4, -0.2) is 44.0 Å². The van der Waals surface area contributed by atoms with E-state index in [0.29, 0.717) is 25.1 Å². The first-order valence-corrected chi connectivity index (χ1v) is 9.48. The zero-order valence-corrected chi connectivity index (χ0v) is 16.1. The normalized spacial score (nSPS) is 15.1. The van der Waals surface area contributed by atoms with Gasteiger partial charge in [0.05, 0.1) is 29.2 Å². The predicted molar refractivity (Wildman–Crippen MR) is 104 cm³/mol. The summed E-state index contributed by atoms with van der Waals surface area (Å²) in [7, 11) is 0. The number of carboxylic acid groups (broad SMARTS) is 1. The highest BCUT2D eigenvalue weighted by molar-refractivity contribution is 5.88. The number of rotatable bonds is 5. The van der Waals surface area contributed by atoms with Crippen molar-refractivity contribution in [3.05, 3.63) is 54.0 Å². The number of ether oxygens (including phenoxy) is 1. The Bertz CT molecular complexity index is 1080. The van der Waals surface area contributed by atoms with Crippen LogP contribution < -0.4 is 5.32 Å². The van der Waals surface area contributed by atoms with Crippen LogP contribution in [0.15, 0.2) is 42.9 Å². The minimum absolute atomic E-state index is 0.0307. The van der Waals surface area contributed by atoms with Gasteiger partial charge in [0.25, 0.3) is 0 Å². The summed E-state index contributed by atoms with van der Waals surface area (Å²) >= 11 is 0. The molecule has 1 saturated heterocycles. The lowest BCUT2D eigenvalue weighted by molar-refractivity contribution is -0.137. The molecule has 0 radical (unpaired) electrons. The lowest BCUT2D eigenvalue weighted by atomic mass is 10.0. The Morgan fingerprint density at radius 1 is 1.16 bits per heavy atom. The number of benzene rings is 1. The molecule has 3 heterocycles. The van der Waals surface area contributed by atoms with Gasteiger partial charge in [-0.3, -0.25) is 4.68 Å². The monoisotopic (exact) mass is 433 g/mol. The molecular weight excluding hydrogens is 415 g/mol. The average molecular weight is 433 g/mol. The molecule has 2 N–H and O–H groups in total. The number of hydrogen-bond donors (Lipinski definition) is 2. The van der Waals surface area contributed by atoms with E-state index in [1.54, 1.807) is 17.1 Å². The van der Waals surface area contributed by atoms with Gasteiger partial charge >= 0.3 is 12.1 Å². The third-order valence-corrected chi connectivity index (χ3v) is 4.92. The average Bonchev–Trinajstić information content (AvgIpc) is 3.22. The molecule has 0 amide bonds. The minimum Gasteiger partial charge on any atom is -0.478 e. The highest BCUT2D eigenvalue weighted by atomic mass is 19.4. The molecule has 1 aliphatic heterocycles. The van der Waals surface area contributed by atoms with Crippen LogP contribution in [0.3, 0.4) is 0 Å². The van der Waals surface area contributed by atoms with Gasteiger partial charge in [-0.25, -0.2) is 14.8 Å². The third kappa shape index (κ3) is 4.66. The summed E-state index contributed by atoms with van der Waals surface area (Å²) < 4.78 is 47.6. The van der Waals surface area contributed by atoms with E-state index in [1.165, 1.54) is 24.3 Å². The Morgan fingerprint density at radius 3 is 2.52 bits per heavy atom. The first-order chi connectivity index (χ1) is 14.8. The van der Waals surface area contributed by atoms with Crippen molar-refractivity contribution in [2.24, 2.45) is 0 Å². The van der Waals surface area contributed by atoms with Crippen LogP contribution in [0.4, 0.5) is 24.8 Å². The minimum atomic E-state index is -4.67. The molecule has 1 aliphatic rings. The summed E-state index contributed by atoms with van der Waals surface area (Å²) in [6.07, 6.45) is 0.991. The summed E-state index contributed by atoms with van der Waals surface area (Å²) in [6.45, 7) is 1.30. The quantitative estimate of drug-likeness (QED) is 0.623. The van der Waals surface area contributed by atoms with Crippen LogP contribution in [0.25, 0.3) is 11.3 Å². The molecule has 8 nitrogen and oxygen atoms in total. The number of aromatic carboxylic acids is 1. The maximum absolute atomic E-state index is 13.5. The lowest BCUT2D eigenvalue weighted by Crippen LogP contribution is -2.19. The second-order valence-electron chi connectivity index (χ2n) is 7.01. The maximum atomic E-state index is 13.5. The van der Waals surface area contributed by atoms with Crippen LogP contribution in [0.1, 0.15) is 34.8 Å². The van der Waals surface area contributed by atoms with E-state index in [0.717, 1.165) is 12.8 Å². The van der Waals surface area contributed by atoms with E-state index >= 15 is 0 Å². The van der Waals surface area contributed by atoms with Gasteiger partial charge in [-0.05, 0) is 25.0 Å². The molecule has 0 saturated carbocycles. The number of alkyl halides is 3. The third-order valence-electron chi connectivity index (χ3n) is 4.92. The fraction of sp³-hybridized carbons (Fsp3) is 0.300. The summed E-state index contributed by atoms with van der Waals surface area (Å²) in [5.74, 6) is -1.20. The smallest absolute Gasteiger partial charge is 0.419 e. The Morgan fingerprint density at radius 2 is 1.87 bits per heavy atom. The molecule has 4 rings (SSSR count). The Labute approximate surface area is 174 Å². The first kappa shape index (κ1) is 20.8. The molecule has 1 fully saturated rings. The van der Waals surface area contributed by atoms with Gasteiger partial charge < -0.3 is 15.2 Å². The van der Waals surface area contributed by atoms with E-state index < -0.39 is 17.7 Å². The number of hydrogen-bond acceptors (Lipinski definition) is 6. The number of anilines is 2.